The molecule has 50 valence electrons. The van der Waals surface area contributed by atoms with Crippen LogP contribution in [-0.2, 0) is 9.59 Å². The Labute approximate surface area is 58.5 Å². The number of allylic oxidation sites excluding steroid dienone is 5. The molecule has 0 heterocycles. The highest BCUT2D eigenvalue weighted by Gasteiger charge is 2.10. The standard InChI is InChI=1S/C8H6O2/c1-2-6-3-4-7(9)8(10)5-6/h2-5H,1H2. The van der Waals surface area contributed by atoms with Gasteiger partial charge >= 0.3 is 0 Å². The number of hydrogen-bond donors (Lipinski definition) is 0. The predicted octanol–water partition coefficient (Wildman–Crippen LogP) is 0.807. The molecule has 0 radical (unpaired) electrons. The molecule has 1 aliphatic rings. The summed E-state index contributed by atoms with van der Waals surface area (Å²) < 4.78 is 0. The normalized spacial score (nSPS) is 17.0. The van der Waals surface area contributed by atoms with Gasteiger partial charge in [0.2, 0.25) is 11.6 Å². The average Bonchev–Trinajstić information content (AvgIpc) is 1.95. The summed E-state index contributed by atoms with van der Waals surface area (Å²) in [4.78, 5) is 21.2. The van der Waals surface area contributed by atoms with Crippen LogP contribution in [-0.4, -0.2) is 11.6 Å². The maximum atomic E-state index is 10.6. The molecule has 0 spiro atoms. The van der Waals surface area contributed by atoms with E-state index in [0.717, 1.165) is 0 Å². The van der Waals surface area contributed by atoms with Gasteiger partial charge in [0, 0.05) is 0 Å². The summed E-state index contributed by atoms with van der Waals surface area (Å²) in [6.45, 7) is 3.46. The van der Waals surface area contributed by atoms with Crippen LogP contribution in [0.3, 0.4) is 0 Å². The SMILES string of the molecule is C=CC1=CC(=O)C(=O)C=C1. The lowest BCUT2D eigenvalue weighted by Gasteiger charge is -1.97. The molecule has 0 atom stereocenters. The highest BCUT2D eigenvalue weighted by molar-refractivity contribution is 6.46. The Morgan fingerprint density at radius 2 is 1.90 bits per heavy atom. The Hall–Kier alpha value is -1.44. The third-order valence-electron chi connectivity index (χ3n) is 1.20. The van der Waals surface area contributed by atoms with Gasteiger partial charge in [-0.3, -0.25) is 9.59 Å². The first-order valence-electron chi connectivity index (χ1n) is 2.84. The van der Waals surface area contributed by atoms with E-state index in [4.69, 9.17) is 0 Å². The van der Waals surface area contributed by atoms with Crippen LogP contribution in [0, 0.1) is 0 Å². The molecule has 0 aromatic rings. The summed E-state index contributed by atoms with van der Waals surface area (Å²) >= 11 is 0. The van der Waals surface area contributed by atoms with Crippen molar-refractivity contribution in [2.75, 3.05) is 0 Å². The fourth-order valence-electron chi connectivity index (χ4n) is 0.652. The van der Waals surface area contributed by atoms with Crippen LogP contribution in [0.15, 0.2) is 36.5 Å². The molecule has 2 nitrogen and oxygen atoms in total. The van der Waals surface area contributed by atoms with Gasteiger partial charge in [-0.25, -0.2) is 0 Å². The van der Waals surface area contributed by atoms with Crippen molar-refractivity contribution in [3.8, 4) is 0 Å². The Morgan fingerprint density at radius 1 is 1.20 bits per heavy atom. The average molecular weight is 134 g/mol. The van der Waals surface area contributed by atoms with E-state index >= 15 is 0 Å². The zero-order valence-corrected chi connectivity index (χ0v) is 5.33. The van der Waals surface area contributed by atoms with Crippen molar-refractivity contribution in [2.24, 2.45) is 0 Å². The maximum Gasteiger partial charge on any atom is 0.226 e. The van der Waals surface area contributed by atoms with Gasteiger partial charge in [0.15, 0.2) is 0 Å². The van der Waals surface area contributed by atoms with Crippen LogP contribution in [0.2, 0.25) is 0 Å². The van der Waals surface area contributed by atoms with Crippen molar-refractivity contribution in [3.05, 3.63) is 36.5 Å². The van der Waals surface area contributed by atoms with Gasteiger partial charge in [-0.2, -0.15) is 0 Å². The number of carbonyl (C=O) groups is 2. The van der Waals surface area contributed by atoms with E-state index in [1.807, 2.05) is 0 Å². The van der Waals surface area contributed by atoms with Crippen LogP contribution in [0.4, 0.5) is 0 Å². The van der Waals surface area contributed by atoms with Crippen molar-refractivity contribution in [3.63, 3.8) is 0 Å². The van der Waals surface area contributed by atoms with Gasteiger partial charge in [0.25, 0.3) is 0 Å². The second-order valence-electron chi connectivity index (χ2n) is 1.91. The zero-order chi connectivity index (χ0) is 7.56. The van der Waals surface area contributed by atoms with E-state index in [-0.39, 0.29) is 0 Å². The van der Waals surface area contributed by atoms with Crippen LogP contribution in [0.1, 0.15) is 0 Å². The third-order valence-corrected chi connectivity index (χ3v) is 1.20. The number of hydrogen-bond acceptors (Lipinski definition) is 2. The minimum absolute atomic E-state index is 0.467. The first kappa shape index (κ1) is 6.68. The molecular formula is C8H6O2. The summed E-state index contributed by atoms with van der Waals surface area (Å²) in [5.41, 5.74) is 0.685. The van der Waals surface area contributed by atoms with E-state index < -0.39 is 11.6 Å². The molecule has 0 N–H and O–H groups in total. The van der Waals surface area contributed by atoms with Crippen molar-refractivity contribution < 1.29 is 9.59 Å². The van der Waals surface area contributed by atoms with Crippen LogP contribution in [0.5, 0.6) is 0 Å². The van der Waals surface area contributed by atoms with Crippen LogP contribution < -0.4 is 0 Å². The van der Waals surface area contributed by atoms with Crippen molar-refractivity contribution in [1.29, 1.82) is 0 Å². The molecule has 0 amide bonds. The summed E-state index contributed by atoms with van der Waals surface area (Å²) in [5.74, 6) is -0.942. The van der Waals surface area contributed by atoms with Crippen molar-refractivity contribution in [2.45, 2.75) is 0 Å². The molecule has 0 bridgehead atoms. The Kier molecular flexibility index (Phi) is 1.63. The highest BCUT2D eigenvalue weighted by Crippen LogP contribution is 2.04. The summed E-state index contributed by atoms with van der Waals surface area (Å²) in [6, 6.07) is 0. The Bertz CT molecular complexity index is 256. The molecule has 0 fully saturated rings. The van der Waals surface area contributed by atoms with E-state index in [9.17, 15) is 9.59 Å². The van der Waals surface area contributed by atoms with Gasteiger partial charge in [-0.1, -0.05) is 18.7 Å². The minimum Gasteiger partial charge on any atom is -0.286 e. The molecule has 1 aliphatic carbocycles. The molecule has 1 rings (SSSR count). The minimum atomic E-state index is -0.475. The van der Waals surface area contributed by atoms with E-state index in [2.05, 4.69) is 6.58 Å². The topological polar surface area (TPSA) is 34.1 Å². The van der Waals surface area contributed by atoms with Crippen LogP contribution in [0.25, 0.3) is 0 Å². The molecule has 0 saturated carbocycles. The number of carbonyl (C=O) groups excluding carboxylic acids is 2. The first-order valence-corrected chi connectivity index (χ1v) is 2.84. The summed E-state index contributed by atoms with van der Waals surface area (Å²) in [5, 5.41) is 0. The van der Waals surface area contributed by atoms with Crippen LogP contribution >= 0.6 is 0 Å². The molecule has 10 heavy (non-hydrogen) atoms. The Balaban J connectivity index is 2.96. The van der Waals surface area contributed by atoms with E-state index in [1.165, 1.54) is 18.2 Å². The lowest BCUT2D eigenvalue weighted by molar-refractivity contribution is -0.131. The molecule has 0 aromatic carbocycles. The molecule has 0 saturated heterocycles. The molecule has 0 aliphatic heterocycles. The number of ketones is 2. The van der Waals surface area contributed by atoms with E-state index in [1.54, 1.807) is 6.08 Å². The lowest BCUT2D eigenvalue weighted by atomic mass is 10.1. The molecular weight excluding hydrogens is 128 g/mol. The van der Waals surface area contributed by atoms with Gasteiger partial charge in [0.1, 0.15) is 0 Å². The van der Waals surface area contributed by atoms with Crippen molar-refractivity contribution in [1.82, 2.24) is 0 Å². The summed E-state index contributed by atoms with van der Waals surface area (Å²) in [7, 11) is 0. The molecule has 0 unspecified atom stereocenters. The second-order valence-corrected chi connectivity index (χ2v) is 1.91. The fourth-order valence-corrected chi connectivity index (χ4v) is 0.652. The van der Waals surface area contributed by atoms with Gasteiger partial charge < -0.3 is 0 Å². The molecule has 2 heteroatoms. The maximum absolute atomic E-state index is 10.6. The van der Waals surface area contributed by atoms with Gasteiger partial charge in [-0.15, -0.1) is 0 Å². The first-order chi connectivity index (χ1) is 4.74. The van der Waals surface area contributed by atoms with Gasteiger partial charge in [-0.05, 0) is 17.7 Å². The monoisotopic (exact) mass is 134 g/mol. The zero-order valence-electron chi connectivity index (χ0n) is 5.33. The van der Waals surface area contributed by atoms with Crippen molar-refractivity contribution >= 4 is 11.6 Å². The fraction of sp³-hybridized carbons (Fsp3) is 0. The lowest BCUT2D eigenvalue weighted by Crippen LogP contribution is -2.10. The quantitative estimate of drug-likeness (QED) is 0.392. The summed E-state index contributed by atoms with van der Waals surface area (Å²) in [6.07, 6.45) is 5.62. The molecule has 0 aromatic heterocycles. The second kappa shape index (κ2) is 2.43. The Morgan fingerprint density at radius 3 is 2.40 bits per heavy atom. The predicted molar refractivity (Wildman–Crippen MR) is 37.4 cm³/mol. The smallest absolute Gasteiger partial charge is 0.226 e. The number of rotatable bonds is 1. The largest absolute Gasteiger partial charge is 0.286 e. The van der Waals surface area contributed by atoms with Gasteiger partial charge in [0.05, 0.1) is 0 Å². The van der Waals surface area contributed by atoms with E-state index in [0.29, 0.717) is 5.57 Å². The highest BCUT2D eigenvalue weighted by atomic mass is 16.2. The third kappa shape index (κ3) is 1.10.